The van der Waals surface area contributed by atoms with Gasteiger partial charge in [-0.05, 0) is 41.3 Å². The number of allylic oxidation sites excluding steroid dienone is 2. The van der Waals surface area contributed by atoms with Gasteiger partial charge in [0.1, 0.15) is 5.75 Å². The molecular weight excluding hydrogens is 186 g/mol. The van der Waals surface area contributed by atoms with E-state index in [9.17, 15) is 5.11 Å². The predicted octanol–water partition coefficient (Wildman–Crippen LogP) is 2.86. The van der Waals surface area contributed by atoms with Crippen LogP contribution in [-0.2, 0) is 0 Å². The fourth-order valence-corrected chi connectivity index (χ4v) is 2.19. The number of phenolic OH excluding ortho intramolecular Hbond substituents is 1. The molecule has 1 unspecified atom stereocenters. The Hall–Kier alpha value is -1.83. The second-order valence-corrected chi connectivity index (χ2v) is 3.96. The van der Waals surface area contributed by atoms with Gasteiger partial charge in [-0.15, -0.1) is 0 Å². The van der Waals surface area contributed by atoms with Crippen molar-refractivity contribution in [3.8, 4) is 5.75 Å². The van der Waals surface area contributed by atoms with E-state index in [2.05, 4.69) is 17.1 Å². The van der Waals surface area contributed by atoms with Gasteiger partial charge < -0.3 is 5.11 Å². The summed E-state index contributed by atoms with van der Waals surface area (Å²) in [6.45, 7) is 0. The number of hydrogen-bond donors (Lipinski definition) is 1. The quantitative estimate of drug-likeness (QED) is 0.681. The molecule has 0 amide bonds. The third kappa shape index (κ3) is 1.38. The number of aromatic hydroxyl groups is 1. The maximum atomic E-state index is 9.48. The Morgan fingerprint density at radius 3 is 3.20 bits per heavy atom. The molecule has 15 heavy (non-hydrogen) atoms. The van der Waals surface area contributed by atoms with Gasteiger partial charge in [0.25, 0.3) is 0 Å². The SMILES string of the molecule is Oc1ccc2c(c1)C1C=CN=CC(=C2)C1. The fraction of sp³-hybridized carbons (Fsp3) is 0.154. The Morgan fingerprint density at radius 2 is 2.27 bits per heavy atom. The highest BCUT2D eigenvalue weighted by Crippen LogP contribution is 2.36. The summed E-state index contributed by atoms with van der Waals surface area (Å²) < 4.78 is 0. The minimum atomic E-state index is 0.337. The van der Waals surface area contributed by atoms with Crippen molar-refractivity contribution >= 4 is 12.3 Å². The molecule has 1 aromatic carbocycles. The first kappa shape index (κ1) is 8.48. The van der Waals surface area contributed by atoms with Crippen LogP contribution < -0.4 is 0 Å². The second kappa shape index (κ2) is 3.09. The van der Waals surface area contributed by atoms with Gasteiger partial charge in [-0.1, -0.05) is 12.1 Å². The number of rotatable bonds is 0. The van der Waals surface area contributed by atoms with Crippen LogP contribution in [0.3, 0.4) is 0 Å². The third-order valence-corrected chi connectivity index (χ3v) is 2.91. The highest BCUT2D eigenvalue weighted by molar-refractivity contribution is 5.88. The molecule has 0 saturated carbocycles. The summed E-state index contributed by atoms with van der Waals surface area (Å²) in [4.78, 5) is 4.18. The zero-order chi connectivity index (χ0) is 10.3. The minimum Gasteiger partial charge on any atom is -0.508 e. The lowest BCUT2D eigenvalue weighted by Gasteiger charge is -2.20. The maximum absolute atomic E-state index is 9.48. The number of fused-ring (bicyclic) bond motifs is 4. The Labute approximate surface area is 88.3 Å². The van der Waals surface area contributed by atoms with Gasteiger partial charge in [-0.25, -0.2) is 0 Å². The molecule has 1 N–H and O–H groups in total. The van der Waals surface area contributed by atoms with Gasteiger partial charge in [0.15, 0.2) is 0 Å². The van der Waals surface area contributed by atoms with Crippen LogP contribution in [0.15, 0.2) is 41.0 Å². The highest BCUT2D eigenvalue weighted by atomic mass is 16.3. The van der Waals surface area contributed by atoms with Crippen LogP contribution in [-0.4, -0.2) is 11.3 Å². The van der Waals surface area contributed by atoms with Crippen LogP contribution in [0.2, 0.25) is 0 Å². The lowest BCUT2D eigenvalue weighted by Crippen LogP contribution is -2.04. The molecule has 0 fully saturated rings. The number of hydrogen-bond acceptors (Lipinski definition) is 2. The first-order chi connectivity index (χ1) is 7.33. The van der Waals surface area contributed by atoms with Crippen molar-refractivity contribution in [1.82, 2.24) is 0 Å². The average molecular weight is 197 g/mol. The molecule has 1 heterocycles. The van der Waals surface area contributed by atoms with E-state index < -0.39 is 0 Å². The van der Waals surface area contributed by atoms with E-state index in [1.54, 1.807) is 6.07 Å². The standard InChI is InChI=1S/C13H11NO/c15-12-2-1-10-5-9-6-11(13(10)7-12)3-4-14-8-9/h1-5,7-8,11,15H,6H2. The van der Waals surface area contributed by atoms with E-state index >= 15 is 0 Å². The molecule has 0 aromatic heterocycles. The molecule has 0 spiro atoms. The lowest BCUT2D eigenvalue weighted by molar-refractivity contribution is 0.474. The van der Waals surface area contributed by atoms with Crippen LogP contribution in [0, 0.1) is 0 Å². The Bertz CT molecular complexity index is 497. The van der Waals surface area contributed by atoms with E-state index in [0.29, 0.717) is 11.7 Å². The molecule has 2 heteroatoms. The summed E-state index contributed by atoms with van der Waals surface area (Å²) in [5.41, 5.74) is 3.64. The topological polar surface area (TPSA) is 32.6 Å². The average Bonchev–Trinajstić information content (AvgIpc) is 2.43. The van der Waals surface area contributed by atoms with Crippen LogP contribution in [0.25, 0.3) is 6.08 Å². The summed E-state index contributed by atoms with van der Waals surface area (Å²) in [5.74, 6) is 0.693. The molecule has 2 bridgehead atoms. The van der Waals surface area contributed by atoms with Gasteiger partial charge in [0.2, 0.25) is 0 Å². The highest BCUT2D eigenvalue weighted by Gasteiger charge is 2.19. The van der Waals surface area contributed by atoms with E-state index in [1.807, 2.05) is 24.5 Å². The monoisotopic (exact) mass is 197 g/mol. The van der Waals surface area contributed by atoms with Crippen molar-refractivity contribution in [2.24, 2.45) is 4.99 Å². The first-order valence-corrected chi connectivity index (χ1v) is 5.06. The van der Waals surface area contributed by atoms with Gasteiger partial charge >= 0.3 is 0 Å². The van der Waals surface area contributed by atoms with E-state index in [0.717, 1.165) is 6.42 Å². The normalized spacial score (nSPS) is 21.9. The maximum Gasteiger partial charge on any atom is 0.115 e. The van der Waals surface area contributed by atoms with Crippen LogP contribution in [0.4, 0.5) is 0 Å². The molecule has 2 nitrogen and oxygen atoms in total. The predicted molar refractivity (Wildman–Crippen MR) is 61.1 cm³/mol. The van der Waals surface area contributed by atoms with Gasteiger partial charge in [-0.3, -0.25) is 4.99 Å². The van der Waals surface area contributed by atoms with Crippen molar-refractivity contribution in [3.63, 3.8) is 0 Å². The number of benzene rings is 1. The zero-order valence-electron chi connectivity index (χ0n) is 8.22. The van der Waals surface area contributed by atoms with Crippen molar-refractivity contribution < 1.29 is 5.11 Å². The molecule has 0 saturated heterocycles. The van der Waals surface area contributed by atoms with Crippen LogP contribution in [0.1, 0.15) is 23.5 Å². The Kier molecular flexibility index (Phi) is 1.75. The molecule has 1 atom stereocenters. The van der Waals surface area contributed by atoms with Crippen molar-refractivity contribution in [2.45, 2.75) is 12.3 Å². The smallest absolute Gasteiger partial charge is 0.115 e. The van der Waals surface area contributed by atoms with Crippen molar-refractivity contribution in [1.29, 1.82) is 0 Å². The number of phenols is 1. The molecule has 1 aliphatic heterocycles. The van der Waals surface area contributed by atoms with Crippen molar-refractivity contribution in [2.75, 3.05) is 0 Å². The van der Waals surface area contributed by atoms with Crippen molar-refractivity contribution in [3.05, 3.63) is 47.2 Å². The largest absolute Gasteiger partial charge is 0.508 e. The first-order valence-electron chi connectivity index (χ1n) is 5.06. The fourth-order valence-electron chi connectivity index (χ4n) is 2.19. The zero-order valence-corrected chi connectivity index (χ0v) is 8.22. The van der Waals surface area contributed by atoms with Crippen LogP contribution in [0.5, 0.6) is 5.75 Å². The number of aliphatic imine (C=N–C) groups is 1. The molecule has 1 aromatic rings. The van der Waals surface area contributed by atoms with Gasteiger partial charge in [-0.2, -0.15) is 0 Å². The summed E-state index contributed by atoms with van der Waals surface area (Å²) in [6, 6.07) is 5.54. The van der Waals surface area contributed by atoms with Gasteiger partial charge in [0, 0.05) is 18.3 Å². The molecule has 74 valence electrons. The molecule has 2 aliphatic rings. The molecular formula is C13H11NO. The summed E-state index contributed by atoms with van der Waals surface area (Å²) >= 11 is 0. The summed E-state index contributed by atoms with van der Waals surface area (Å²) in [6.07, 6.45) is 8.96. The molecule has 0 radical (unpaired) electrons. The molecule has 3 rings (SSSR count). The number of nitrogens with zero attached hydrogens (tertiary/aromatic N) is 1. The van der Waals surface area contributed by atoms with Gasteiger partial charge in [0.05, 0.1) is 0 Å². The Morgan fingerprint density at radius 1 is 1.33 bits per heavy atom. The molecule has 1 aliphatic carbocycles. The Balaban J connectivity index is 2.22. The second-order valence-electron chi connectivity index (χ2n) is 3.96. The summed E-state index contributed by atoms with van der Waals surface area (Å²) in [7, 11) is 0. The van der Waals surface area contributed by atoms with E-state index in [1.165, 1.54) is 16.7 Å². The van der Waals surface area contributed by atoms with E-state index in [-0.39, 0.29) is 0 Å². The third-order valence-electron chi connectivity index (χ3n) is 2.91. The lowest BCUT2D eigenvalue weighted by atomic mass is 9.83. The van der Waals surface area contributed by atoms with E-state index in [4.69, 9.17) is 0 Å². The minimum absolute atomic E-state index is 0.337. The van der Waals surface area contributed by atoms with Crippen LogP contribution >= 0.6 is 0 Å². The summed E-state index contributed by atoms with van der Waals surface area (Å²) in [5, 5.41) is 9.48.